The molecule has 0 bridgehead atoms. The van der Waals surface area contributed by atoms with Gasteiger partial charge in [0.05, 0.1) is 0 Å². The molecule has 1 N–H and O–H groups in total. The molecule has 2 saturated heterocycles. The Morgan fingerprint density at radius 2 is 2.00 bits per heavy atom. The number of piperidine rings is 1. The van der Waals surface area contributed by atoms with E-state index in [9.17, 15) is 0 Å². The van der Waals surface area contributed by atoms with Gasteiger partial charge in [-0.15, -0.1) is 0 Å². The van der Waals surface area contributed by atoms with Crippen LogP contribution in [0.5, 0.6) is 0 Å². The highest BCUT2D eigenvalue weighted by Crippen LogP contribution is 2.28. The lowest BCUT2D eigenvalue weighted by Crippen LogP contribution is -2.42. The molecule has 2 fully saturated rings. The average molecular weight is 244 g/mol. The maximum atomic E-state index is 3.72. The topological polar surface area (TPSA) is 15.3 Å². The van der Waals surface area contributed by atoms with Crippen molar-refractivity contribution < 1.29 is 0 Å². The van der Waals surface area contributed by atoms with Crippen LogP contribution in [0.4, 0.5) is 5.69 Å². The van der Waals surface area contributed by atoms with Crippen LogP contribution in [0.15, 0.2) is 24.3 Å². The summed E-state index contributed by atoms with van der Waals surface area (Å²) in [6, 6.07) is 10.5. The van der Waals surface area contributed by atoms with E-state index in [2.05, 4.69) is 41.4 Å². The number of nitrogens with zero attached hydrogens (tertiary/aromatic N) is 1. The lowest BCUT2D eigenvalue weighted by Gasteiger charge is -2.35. The molecule has 1 aromatic rings. The maximum Gasteiger partial charge on any atom is 0.0342 e. The Morgan fingerprint density at radius 3 is 2.78 bits per heavy atom. The van der Waals surface area contributed by atoms with Gasteiger partial charge < -0.3 is 10.2 Å². The van der Waals surface area contributed by atoms with Gasteiger partial charge in [-0.1, -0.05) is 19.1 Å². The quantitative estimate of drug-likeness (QED) is 0.877. The van der Waals surface area contributed by atoms with Crippen LogP contribution >= 0.6 is 0 Å². The van der Waals surface area contributed by atoms with E-state index in [1.807, 2.05) is 0 Å². The second-order valence-corrected chi connectivity index (χ2v) is 5.75. The number of fused-ring (bicyclic) bond motifs is 1. The van der Waals surface area contributed by atoms with Gasteiger partial charge >= 0.3 is 0 Å². The van der Waals surface area contributed by atoms with Gasteiger partial charge in [0.25, 0.3) is 0 Å². The molecule has 0 spiro atoms. The maximum absolute atomic E-state index is 3.72. The zero-order valence-corrected chi connectivity index (χ0v) is 11.4. The summed E-state index contributed by atoms with van der Waals surface area (Å²) in [5, 5.41) is 3.72. The van der Waals surface area contributed by atoms with Gasteiger partial charge in [0.2, 0.25) is 0 Å². The Labute approximate surface area is 110 Å². The first-order valence-electron chi connectivity index (χ1n) is 7.44. The number of nitrogens with one attached hydrogen (secondary N) is 1. The van der Waals surface area contributed by atoms with E-state index in [0.29, 0.717) is 6.04 Å². The summed E-state index contributed by atoms with van der Waals surface area (Å²) < 4.78 is 0. The van der Waals surface area contributed by atoms with Crippen molar-refractivity contribution in [2.24, 2.45) is 0 Å². The summed E-state index contributed by atoms with van der Waals surface area (Å²) in [5.41, 5.74) is 2.72. The Balaban J connectivity index is 1.58. The van der Waals surface area contributed by atoms with Gasteiger partial charge in [0.15, 0.2) is 0 Å². The van der Waals surface area contributed by atoms with Crippen LogP contribution in [-0.2, 0) is 6.42 Å². The fourth-order valence-corrected chi connectivity index (χ4v) is 3.43. The summed E-state index contributed by atoms with van der Waals surface area (Å²) >= 11 is 0. The van der Waals surface area contributed by atoms with Crippen molar-refractivity contribution in [3.63, 3.8) is 0 Å². The van der Waals surface area contributed by atoms with Crippen LogP contribution in [-0.4, -0.2) is 30.1 Å². The largest absolute Gasteiger partial charge is 0.382 e. The zero-order valence-electron chi connectivity index (χ0n) is 11.4. The number of rotatable bonds is 3. The number of hydrogen-bond donors (Lipinski definition) is 1. The van der Waals surface area contributed by atoms with Gasteiger partial charge in [-0.25, -0.2) is 0 Å². The average Bonchev–Trinajstić information content (AvgIpc) is 2.87. The molecule has 2 nitrogen and oxygen atoms in total. The molecule has 1 aromatic carbocycles. The summed E-state index contributed by atoms with van der Waals surface area (Å²) in [6.07, 6.45) is 6.57. The summed E-state index contributed by atoms with van der Waals surface area (Å²) in [7, 11) is 0. The molecule has 2 unspecified atom stereocenters. The molecule has 2 atom stereocenters. The minimum Gasteiger partial charge on any atom is -0.382 e. The van der Waals surface area contributed by atoms with E-state index in [1.165, 1.54) is 50.0 Å². The summed E-state index contributed by atoms with van der Waals surface area (Å²) in [4.78, 5) is 2.68. The Hall–Kier alpha value is -1.02. The van der Waals surface area contributed by atoms with Crippen molar-refractivity contribution in [3.05, 3.63) is 29.8 Å². The van der Waals surface area contributed by atoms with Crippen LogP contribution < -0.4 is 5.32 Å². The van der Waals surface area contributed by atoms with Crippen molar-refractivity contribution in [2.75, 3.05) is 18.4 Å². The fraction of sp³-hybridized carbons (Fsp3) is 0.625. The molecule has 98 valence electrons. The highest BCUT2D eigenvalue weighted by atomic mass is 15.2. The van der Waals surface area contributed by atoms with Gasteiger partial charge in [0, 0.05) is 24.3 Å². The number of aryl methyl sites for hydroxylation is 1. The molecule has 2 aliphatic heterocycles. The summed E-state index contributed by atoms with van der Waals surface area (Å²) in [5.74, 6) is 0. The Morgan fingerprint density at radius 1 is 1.17 bits per heavy atom. The van der Waals surface area contributed by atoms with Crippen LogP contribution in [0.2, 0.25) is 0 Å². The van der Waals surface area contributed by atoms with Crippen molar-refractivity contribution in [2.45, 2.75) is 51.1 Å². The van der Waals surface area contributed by atoms with Gasteiger partial charge in [-0.05, 0) is 56.3 Å². The minimum absolute atomic E-state index is 0.678. The van der Waals surface area contributed by atoms with E-state index >= 15 is 0 Å². The molecule has 2 heterocycles. The fourth-order valence-electron chi connectivity index (χ4n) is 3.43. The molecule has 0 radical (unpaired) electrons. The van der Waals surface area contributed by atoms with E-state index in [1.54, 1.807) is 0 Å². The van der Waals surface area contributed by atoms with E-state index in [4.69, 9.17) is 0 Å². The second-order valence-electron chi connectivity index (χ2n) is 5.75. The minimum atomic E-state index is 0.678. The first-order valence-corrected chi connectivity index (χ1v) is 7.44. The first kappa shape index (κ1) is 12.0. The predicted molar refractivity (Wildman–Crippen MR) is 77.1 cm³/mol. The second kappa shape index (κ2) is 5.31. The number of benzene rings is 1. The van der Waals surface area contributed by atoms with Gasteiger partial charge in [-0.3, -0.25) is 0 Å². The molecular formula is C16H24N2. The SMILES string of the molecule is CCc1ccc(NC2CCN3CCCC3C2)cc1. The third-order valence-electron chi connectivity index (χ3n) is 4.55. The molecule has 2 heteroatoms. The van der Waals surface area contributed by atoms with E-state index < -0.39 is 0 Å². The van der Waals surface area contributed by atoms with Gasteiger partial charge in [0.1, 0.15) is 0 Å². The zero-order chi connectivity index (χ0) is 12.4. The first-order chi connectivity index (χ1) is 8.85. The standard InChI is InChI=1S/C16H24N2/c1-2-13-5-7-14(8-6-13)17-15-9-11-18-10-3-4-16(18)12-15/h5-8,15-17H,2-4,9-12H2,1H3. The lowest BCUT2D eigenvalue weighted by atomic mass is 9.97. The molecule has 2 aliphatic rings. The molecule has 3 rings (SSSR count). The van der Waals surface area contributed by atoms with E-state index in [0.717, 1.165) is 12.5 Å². The molecule has 18 heavy (non-hydrogen) atoms. The smallest absolute Gasteiger partial charge is 0.0342 e. The third-order valence-corrected chi connectivity index (χ3v) is 4.55. The number of hydrogen-bond acceptors (Lipinski definition) is 2. The van der Waals surface area contributed by atoms with Crippen LogP contribution in [0.1, 0.15) is 38.2 Å². The summed E-state index contributed by atoms with van der Waals surface area (Å²) in [6.45, 7) is 4.83. The van der Waals surface area contributed by atoms with Gasteiger partial charge in [-0.2, -0.15) is 0 Å². The monoisotopic (exact) mass is 244 g/mol. The normalized spacial score (nSPS) is 28.1. The lowest BCUT2D eigenvalue weighted by molar-refractivity contribution is 0.188. The molecule has 0 amide bonds. The van der Waals surface area contributed by atoms with Crippen LogP contribution in [0.25, 0.3) is 0 Å². The van der Waals surface area contributed by atoms with Crippen molar-refractivity contribution in [1.82, 2.24) is 4.90 Å². The van der Waals surface area contributed by atoms with Crippen molar-refractivity contribution >= 4 is 5.69 Å². The third kappa shape index (κ3) is 2.54. The Kier molecular flexibility index (Phi) is 3.55. The van der Waals surface area contributed by atoms with Crippen LogP contribution in [0.3, 0.4) is 0 Å². The highest BCUT2D eigenvalue weighted by molar-refractivity contribution is 5.45. The predicted octanol–water partition coefficient (Wildman–Crippen LogP) is 3.29. The van der Waals surface area contributed by atoms with Crippen molar-refractivity contribution in [3.8, 4) is 0 Å². The Bertz CT molecular complexity index is 385. The van der Waals surface area contributed by atoms with Crippen molar-refractivity contribution in [1.29, 1.82) is 0 Å². The number of anilines is 1. The molecule has 0 aliphatic carbocycles. The van der Waals surface area contributed by atoms with Crippen LogP contribution in [0, 0.1) is 0 Å². The highest BCUT2D eigenvalue weighted by Gasteiger charge is 2.31. The molecular weight excluding hydrogens is 220 g/mol. The molecule has 0 aromatic heterocycles. The van der Waals surface area contributed by atoms with E-state index in [-0.39, 0.29) is 0 Å². The molecule has 0 saturated carbocycles.